The highest BCUT2D eigenvalue weighted by molar-refractivity contribution is 5.06. The fourth-order valence-corrected chi connectivity index (χ4v) is 2.31. The molecular formula is C13H22N2O3. The minimum absolute atomic E-state index is 0.127. The van der Waals surface area contributed by atoms with Crippen LogP contribution in [0.1, 0.15) is 30.7 Å². The molecule has 3 atom stereocenters. The first-order valence-electron chi connectivity index (χ1n) is 6.46. The Balaban J connectivity index is 1.81. The van der Waals surface area contributed by atoms with Gasteiger partial charge in [0.25, 0.3) is 0 Å². The van der Waals surface area contributed by atoms with E-state index >= 15 is 0 Å². The summed E-state index contributed by atoms with van der Waals surface area (Å²) >= 11 is 0. The molecule has 1 N–H and O–H groups in total. The second-order valence-corrected chi connectivity index (χ2v) is 4.67. The predicted octanol–water partition coefficient (Wildman–Crippen LogP) is 1.57. The third kappa shape index (κ3) is 2.74. The Hall–Kier alpha value is -0.910. The predicted molar refractivity (Wildman–Crippen MR) is 67.4 cm³/mol. The lowest BCUT2D eigenvalue weighted by atomic mass is 9.85. The fraction of sp³-hybridized carbons (Fsp3) is 0.769. The van der Waals surface area contributed by atoms with Gasteiger partial charge in [-0.25, -0.2) is 4.98 Å². The van der Waals surface area contributed by atoms with E-state index in [-0.39, 0.29) is 12.2 Å². The number of nitrogens with zero attached hydrogens (tertiary/aromatic N) is 1. The summed E-state index contributed by atoms with van der Waals surface area (Å²) in [4.78, 5) is 4.35. The number of hydrogen-bond donors (Lipinski definition) is 1. The molecule has 3 unspecified atom stereocenters. The van der Waals surface area contributed by atoms with Crippen LogP contribution in [0.4, 0.5) is 0 Å². The van der Waals surface area contributed by atoms with Gasteiger partial charge in [0.1, 0.15) is 5.76 Å². The molecule has 0 bridgehead atoms. The number of hydrogen-bond acceptors (Lipinski definition) is 5. The normalized spacial score (nSPS) is 27.2. The van der Waals surface area contributed by atoms with Crippen LogP contribution in [0, 0.1) is 13.8 Å². The van der Waals surface area contributed by atoms with Crippen LogP contribution < -0.4 is 5.32 Å². The molecule has 1 aliphatic carbocycles. The van der Waals surface area contributed by atoms with Crippen molar-refractivity contribution in [1.29, 1.82) is 0 Å². The lowest BCUT2D eigenvalue weighted by Gasteiger charge is -2.43. The second kappa shape index (κ2) is 5.82. The maximum absolute atomic E-state index is 5.58. The average Bonchev–Trinajstić information content (AvgIpc) is 2.63. The SMILES string of the molecule is CCOC1CC(NCc2nc(C)c(C)o2)C1OC. The van der Waals surface area contributed by atoms with E-state index in [1.54, 1.807) is 7.11 Å². The monoisotopic (exact) mass is 254 g/mol. The van der Waals surface area contributed by atoms with Gasteiger partial charge in [-0.05, 0) is 27.2 Å². The van der Waals surface area contributed by atoms with Gasteiger partial charge in [-0.1, -0.05) is 0 Å². The van der Waals surface area contributed by atoms with Crippen LogP contribution in [-0.2, 0) is 16.0 Å². The smallest absolute Gasteiger partial charge is 0.208 e. The van der Waals surface area contributed by atoms with E-state index in [1.165, 1.54) is 0 Å². The molecule has 0 aliphatic heterocycles. The van der Waals surface area contributed by atoms with Crippen molar-refractivity contribution in [2.45, 2.75) is 52.0 Å². The first-order valence-corrected chi connectivity index (χ1v) is 6.46. The molecule has 1 heterocycles. The topological polar surface area (TPSA) is 56.5 Å². The molecule has 5 heteroatoms. The highest BCUT2D eigenvalue weighted by Gasteiger charge is 2.41. The number of ether oxygens (including phenoxy) is 2. The fourth-order valence-electron chi connectivity index (χ4n) is 2.31. The van der Waals surface area contributed by atoms with E-state index in [0.29, 0.717) is 12.6 Å². The lowest BCUT2D eigenvalue weighted by molar-refractivity contribution is -0.131. The van der Waals surface area contributed by atoms with E-state index in [2.05, 4.69) is 10.3 Å². The first-order chi connectivity index (χ1) is 8.65. The van der Waals surface area contributed by atoms with Crippen LogP contribution in [0.2, 0.25) is 0 Å². The number of oxazole rings is 1. The van der Waals surface area contributed by atoms with Crippen molar-refractivity contribution in [1.82, 2.24) is 10.3 Å². The van der Waals surface area contributed by atoms with Gasteiger partial charge in [0, 0.05) is 19.8 Å². The van der Waals surface area contributed by atoms with E-state index < -0.39 is 0 Å². The van der Waals surface area contributed by atoms with E-state index in [0.717, 1.165) is 30.4 Å². The number of aryl methyl sites for hydroxylation is 2. The molecule has 2 rings (SSSR count). The van der Waals surface area contributed by atoms with E-state index in [4.69, 9.17) is 13.9 Å². The molecule has 5 nitrogen and oxygen atoms in total. The van der Waals surface area contributed by atoms with Crippen molar-refractivity contribution < 1.29 is 13.9 Å². The van der Waals surface area contributed by atoms with Crippen LogP contribution in [0.5, 0.6) is 0 Å². The second-order valence-electron chi connectivity index (χ2n) is 4.67. The molecule has 0 amide bonds. The number of nitrogens with one attached hydrogen (secondary N) is 1. The molecule has 18 heavy (non-hydrogen) atoms. The average molecular weight is 254 g/mol. The number of methoxy groups -OCH3 is 1. The van der Waals surface area contributed by atoms with Crippen molar-refractivity contribution in [3.05, 3.63) is 17.3 Å². The van der Waals surface area contributed by atoms with Gasteiger partial charge in [0.15, 0.2) is 0 Å². The van der Waals surface area contributed by atoms with Crippen molar-refractivity contribution in [3.63, 3.8) is 0 Å². The minimum Gasteiger partial charge on any atom is -0.444 e. The van der Waals surface area contributed by atoms with Crippen molar-refractivity contribution in [3.8, 4) is 0 Å². The van der Waals surface area contributed by atoms with Gasteiger partial charge >= 0.3 is 0 Å². The molecule has 1 fully saturated rings. The van der Waals surface area contributed by atoms with Crippen molar-refractivity contribution in [2.24, 2.45) is 0 Å². The number of aromatic nitrogens is 1. The third-order valence-corrected chi connectivity index (χ3v) is 3.49. The molecule has 1 aromatic heterocycles. The standard InChI is InChI=1S/C13H22N2O3/c1-5-17-11-6-10(13(11)16-4)14-7-12-15-8(2)9(3)18-12/h10-11,13-14H,5-7H2,1-4H3. The van der Waals surface area contributed by atoms with Crippen LogP contribution in [-0.4, -0.2) is 37.0 Å². The summed E-state index contributed by atoms with van der Waals surface area (Å²) in [6.07, 6.45) is 1.32. The Morgan fingerprint density at radius 2 is 2.22 bits per heavy atom. The zero-order chi connectivity index (χ0) is 13.1. The molecule has 0 spiro atoms. The van der Waals surface area contributed by atoms with Crippen molar-refractivity contribution >= 4 is 0 Å². The lowest BCUT2D eigenvalue weighted by Crippen LogP contribution is -2.59. The zero-order valence-corrected chi connectivity index (χ0v) is 11.5. The quantitative estimate of drug-likeness (QED) is 0.835. The molecule has 0 aromatic carbocycles. The van der Waals surface area contributed by atoms with Crippen molar-refractivity contribution in [2.75, 3.05) is 13.7 Å². The van der Waals surface area contributed by atoms with Crippen LogP contribution >= 0.6 is 0 Å². The summed E-state index contributed by atoms with van der Waals surface area (Å²) in [6, 6.07) is 0.319. The Kier molecular flexibility index (Phi) is 4.37. The molecule has 102 valence electrons. The Morgan fingerprint density at radius 3 is 2.78 bits per heavy atom. The molecule has 0 saturated heterocycles. The third-order valence-electron chi connectivity index (χ3n) is 3.49. The minimum atomic E-state index is 0.127. The molecule has 1 aliphatic rings. The summed E-state index contributed by atoms with van der Waals surface area (Å²) in [5.74, 6) is 1.62. The Labute approximate surface area is 108 Å². The maximum Gasteiger partial charge on any atom is 0.208 e. The first kappa shape index (κ1) is 13.5. The summed E-state index contributed by atoms with van der Waals surface area (Å²) in [7, 11) is 1.73. The Morgan fingerprint density at radius 1 is 1.44 bits per heavy atom. The molecular weight excluding hydrogens is 232 g/mol. The molecule has 1 aromatic rings. The van der Waals surface area contributed by atoms with E-state index in [1.807, 2.05) is 20.8 Å². The highest BCUT2D eigenvalue weighted by atomic mass is 16.5. The van der Waals surface area contributed by atoms with Gasteiger partial charge < -0.3 is 19.2 Å². The largest absolute Gasteiger partial charge is 0.444 e. The summed E-state index contributed by atoms with van der Waals surface area (Å²) < 4.78 is 16.6. The Bertz CT molecular complexity index is 372. The highest BCUT2D eigenvalue weighted by Crippen LogP contribution is 2.27. The van der Waals surface area contributed by atoms with Crippen LogP contribution in [0.15, 0.2) is 4.42 Å². The maximum atomic E-state index is 5.58. The van der Waals surface area contributed by atoms with Gasteiger partial charge in [0.2, 0.25) is 5.89 Å². The summed E-state index contributed by atoms with van der Waals surface area (Å²) in [6.45, 7) is 7.26. The van der Waals surface area contributed by atoms with E-state index in [9.17, 15) is 0 Å². The van der Waals surface area contributed by atoms with Gasteiger partial charge in [-0.15, -0.1) is 0 Å². The van der Waals surface area contributed by atoms with Gasteiger partial charge in [-0.2, -0.15) is 0 Å². The van der Waals surface area contributed by atoms with Gasteiger partial charge in [0.05, 0.1) is 24.4 Å². The molecule has 1 saturated carbocycles. The zero-order valence-electron chi connectivity index (χ0n) is 11.5. The van der Waals surface area contributed by atoms with Gasteiger partial charge in [-0.3, -0.25) is 0 Å². The van der Waals surface area contributed by atoms with Crippen LogP contribution in [0.25, 0.3) is 0 Å². The summed E-state index contributed by atoms with van der Waals surface area (Å²) in [5.41, 5.74) is 0.955. The molecule has 0 radical (unpaired) electrons. The van der Waals surface area contributed by atoms with Crippen LogP contribution in [0.3, 0.4) is 0 Å². The summed E-state index contributed by atoms with van der Waals surface area (Å²) in [5, 5.41) is 3.40. The number of rotatable bonds is 6.